The van der Waals surface area contributed by atoms with Crippen molar-refractivity contribution in [2.45, 2.75) is 6.92 Å². The molecule has 0 fully saturated rings. The second-order valence-corrected chi connectivity index (χ2v) is 6.94. The summed E-state index contributed by atoms with van der Waals surface area (Å²) in [6.45, 7) is 2.63. The smallest absolute Gasteiger partial charge is 0.143 e. The molecule has 0 amide bonds. The summed E-state index contributed by atoms with van der Waals surface area (Å²) in [5.41, 5.74) is 3.14. The predicted molar refractivity (Wildman–Crippen MR) is 109 cm³/mol. The third-order valence-electron chi connectivity index (χ3n) is 3.95. The van der Waals surface area contributed by atoms with E-state index in [1.165, 1.54) is 0 Å². The highest BCUT2D eigenvalue weighted by atomic mass is 35.5. The monoisotopic (exact) mass is 381 g/mol. The number of halogens is 1. The maximum absolute atomic E-state index is 5.97. The average Bonchev–Trinajstić information content (AvgIpc) is 3.10. The molecule has 0 saturated carbocycles. The lowest BCUT2D eigenvalue weighted by Gasteiger charge is -2.09. The Kier molecular flexibility index (Phi) is 4.73. The number of nitrogens with one attached hydrogen (secondary N) is 1. The van der Waals surface area contributed by atoms with E-state index >= 15 is 0 Å². The van der Waals surface area contributed by atoms with Crippen LogP contribution in [0.4, 0.5) is 11.5 Å². The molecule has 2 aromatic carbocycles. The van der Waals surface area contributed by atoms with E-state index in [9.17, 15) is 0 Å². The van der Waals surface area contributed by atoms with Gasteiger partial charge < -0.3 is 10.1 Å². The van der Waals surface area contributed by atoms with Crippen molar-refractivity contribution in [3.05, 3.63) is 65.3 Å². The summed E-state index contributed by atoms with van der Waals surface area (Å²) in [4.78, 5) is 9.81. The van der Waals surface area contributed by atoms with Gasteiger partial charge in [0.2, 0.25) is 0 Å². The van der Waals surface area contributed by atoms with Gasteiger partial charge in [-0.05, 0) is 48.9 Å². The van der Waals surface area contributed by atoms with Crippen LogP contribution in [0.1, 0.15) is 6.92 Å². The number of benzene rings is 2. The van der Waals surface area contributed by atoms with Gasteiger partial charge >= 0.3 is 0 Å². The van der Waals surface area contributed by atoms with Crippen molar-refractivity contribution in [3.63, 3.8) is 0 Å². The molecule has 2 aromatic heterocycles. The van der Waals surface area contributed by atoms with Gasteiger partial charge in [-0.15, -0.1) is 11.3 Å². The second-order valence-electron chi connectivity index (χ2n) is 5.64. The van der Waals surface area contributed by atoms with Crippen molar-refractivity contribution in [2.24, 2.45) is 0 Å². The van der Waals surface area contributed by atoms with Gasteiger partial charge in [0.1, 0.15) is 22.7 Å². The highest BCUT2D eigenvalue weighted by Gasteiger charge is 2.13. The molecule has 0 radical (unpaired) electrons. The number of ether oxygens (including phenoxy) is 1. The van der Waals surface area contributed by atoms with Crippen LogP contribution in [0.5, 0.6) is 5.75 Å². The molecular weight excluding hydrogens is 366 g/mol. The molecule has 4 rings (SSSR count). The Bertz CT molecular complexity index is 1030. The van der Waals surface area contributed by atoms with E-state index in [0.29, 0.717) is 11.6 Å². The highest BCUT2D eigenvalue weighted by molar-refractivity contribution is 7.17. The lowest BCUT2D eigenvalue weighted by molar-refractivity contribution is 0.340. The Morgan fingerprint density at radius 3 is 2.54 bits per heavy atom. The fourth-order valence-corrected chi connectivity index (χ4v) is 3.79. The lowest BCUT2D eigenvalue weighted by atomic mass is 10.1. The van der Waals surface area contributed by atoms with Crippen LogP contribution in [0.15, 0.2) is 60.2 Å². The van der Waals surface area contributed by atoms with Crippen LogP contribution in [-0.2, 0) is 0 Å². The summed E-state index contributed by atoms with van der Waals surface area (Å²) in [5.74, 6) is 1.65. The molecule has 0 aliphatic heterocycles. The van der Waals surface area contributed by atoms with Crippen molar-refractivity contribution >= 4 is 44.7 Å². The first-order valence-corrected chi connectivity index (χ1v) is 9.48. The second kappa shape index (κ2) is 7.32. The normalized spacial score (nSPS) is 10.8. The zero-order valence-electron chi connectivity index (χ0n) is 14.1. The van der Waals surface area contributed by atoms with Crippen LogP contribution >= 0.6 is 22.9 Å². The zero-order valence-corrected chi connectivity index (χ0v) is 15.6. The Labute approximate surface area is 160 Å². The van der Waals surface area contributed by atoms with Gasteiger partial charge in [0.05, 0.1) is 12.0 Å². The van der Waals surface area contributed by atoms with Crippen molar-refractivity contribution in [1.29, 1.82) is 0 Å². The first-order valence-electron chi connectivity index (χ1n) is 8.22. The van der Waals surface area contributed by atoms with Gasteiger partial charge in [-0.2, -0.15) is 0 Å². The first-order chi connectivity index (χ1) is 12.7. The number of aromatic nitrogens is 2. The van der Waals surface area contributed by atoms with E-state index in [1.807, 2.05) is 43.3 Å². The molecule has 0 unspecified atom stereocenters. The summed E-state index contributed by atoms with van der Waals surface area (Å²) >= 11 is 7.58. The van der Waals surface area contributed by atoms with Crippen molar-refractivity contribution < 1.29 is 4.74 Å². The van der Waals surface area contributed by atoms with E-state index < -0.39 is 0 Å². The molecule has 0 spiro atoms. The number of rotatable bonds is 5. The van der Waals surface area contributed by atoms with Gasteiger partial charge in [-0.1, -0.05) is 23.7 Å². The minimum atomic E-state index is 0.656. The average molecular weight is 382 g/mol. The van der Waals surface area contributed by atoms with Gasteiger partial charge in [-0.3, -0.25) is 0 Å². The van der Waals surface area contributed by atoms with Crippen LogP contribution in [0.25, 0.3) is 21.3 Å². The topological polar surface area (TPSA) is 47.0 Å². The van der Waals surface area contributed by atoms with Gasteiger partial charge in [0.25, 0.3) is 0 Å². The molecule has 1 N–H and O–H groups in total. The van der Waals surface area contributed by atoms with Gasteiger partial charge in [0, 0.05) is 21.7 Å². The minimum absolute atomic E-state index is 0.656. The quantitative estimate of drug-likeness (QED) is 0.450. The molecule has 4 nitrogen and oxygen atoms in total. The van der Waals surface area contributed by atoms with E-state index in [2.05, 4.69) is 32.8 Å². The fourth-order valence-electron chi connectivity index (χ4n) is 2.75. The Hall–Kier alpha value is -2.63. The summed E-state index contributed by atoms with van der Waals surface area (Å²) in [7, 11) is 0. The molecule has 130 valence electrons. The number of hydrogen-bond donors (Lipinski definition) is 1. The summed E-state index contributed by atoms with van der Waals surface area (Å²) in [5, 5.41) is 7.20. The molecule has 0 atom stereocenters. The van der Waals surface area contributed by atoms with Crippen LogP contribution in [0.3, 0.4) is 0 Å². The largest absolute Gasteiger partial charge is 0.494 e. The lowest BCUT2D eigenvalue weighted by Crippen LogP contribution is -1.95. The molecular formula is C20H16ClN3OS. The molecule has 26 heavy (non-hydrogen) atoms. The Balaban J connectivity index is 1.75. The van der Waals surface area contributed by atoms with E-state index in [1.54, 1.807) is 17.7 Å². The van der Waals surface area contributed by atoms with E-state index in [4.69, 9.17) is 16.3 Å². The molecule has 4 aromatic rings. The minimum Gasteiger partial charge on any atom is -0.494 e. The van der Waals surface area contributed by atoms with E-state index in [0.717, 1.165) is 38.6 Å². The SMILES string of the molecule is CCOc1ccc(-c2csc3ncnc(Nc4ccc(Cl)cc4)c23)cc1. The molecule has 0 aliphatic rings. The molecule has 0 aliphatic carbocycles. The molecule has 0 saturated heterocycles. The van der Waals surface area contributed by atoms with Gasteiger partial charge in [-0.25, -0.2) is 9.97 Å². The highest BCUT2D eigenvalue weighted by Crippen LogP contribution is 2.37. The maximum Gasteiger partial charge on any atom is 0.143 e. The van der Waals surface area contributed by atoms with Crippen LogP contribution in [0.2, 0.25) is 5.02 Å². The standard InChI is InChI=1S/C20H16ClN3OS/c1-2-25-16-9-3-13(4-10-16)17-11-26-20-18(17)19(22-12-23-20)24-15-7-5-14(21)6-8-15/h3-12H,2H2,1H3,(H,22,23,24). The summed E-state index contributed by atoms with van der Waals surface area (Å²) in [6, 6.07) is 15.7. The number of nitrogens with zero attached hydrogens (tertiary/aromatic N) is 2. The number of anilines is 2. The molecule has 2 heterocycles. The van der Waals surface area contributed by atoms with Crippen molar-refractivity contribution in [2.75, 3.05) is 11.9 Å². The number of fused-ring (bicyclic) bond motifs is 1. The van der Waals surface area contributed by atoms with Crippen LogP contribution in [0, 0.1) is 0 Å². The summed E-state index contributed by atoms with van der Waals surface area (Å²) in [6.07, 6.45) is 1.58. The van der Waals surface area contributed by atoms with Crippen LogP contribution < -0.4 is 10.1 Å². The summed E-state index contributed by atoms with van der Waals surface area (Å²) < 4.78 is 5.53. The number of thiophene rings is 1. The Morgan fingerprint density at radius 2 is 1.81 bits per heavy atom. The predicted octanol–water partition coefficient (Wildman–Crippen LogP) is 6.15. The maximum atomic E-state index is 5.97. The third-order valence-corrected chi connectivity index (χ3v) is 5.09. The van der Waals surface area contributed by atoms with E-state index in [-0.39, 0.29) is 0 Å². The van der Waals surface area contributed by atoms with Crippen molar-refractivity contribution in [1.82, 2.24) is 9.97 Å². The molecule has 0 bridgehead atoms. The van der Waals surface area contributed by atoms with Gasteiger partial charge in [0.15, 0.2) is 0 Å². The zero-order chi connectivity index (χ0) is 17.9. The third kappa shape index (κ3) is 3.36. The van der Waals surface area contributed by atoms with Crippen molar-refractivity contribution in [3.8, 4) is 16.9 Å². The first kappa shape index (κ1) is 16.8. The van der Waals surface area contributed by atoms with Crippen LogP contribution in [-0.4, -0.2) is 16.6 Å². The Morgan fingerprint density at radius 1 is 1.04 bits per heavy atom. The number of hydrogen-bond acceptors (Lipinski definition) is 5. The molecule has 6 heteroatoms. The fraction of sp³-hybridized carbons (Fsp3) is 0.100.